The summed E-state index contributed by atoms with van der Waals surface area (Å²) in [4.78, 5) is 38.5. The van der Waals surface area contributed by atoms with Crippen molar-refractivity contribution >= 4 is 45.9 Å². The molecular formula is C33H34F3N7O3S. The van der Waals surface area contributed by atoms with Gasteiger partial charge < -0.3 is 15.0 Å². The van der Waals surface area contributed by atoms with Gasteiger partial charge >= 0.3 is 12.4 Å². The number of thioether (sulfide) groups is 1. The molecule has 1 aliphatic rings. The Labute approximate surface area is 274 Å². The fraction of sp³-hybridized carbons (Fsp3) is 0.303. The zero-order chi connectivity index (χ0) is 34.0. The van der Waals surface area contributed by atoms with Crippen molar-refractivity contribution in [2.75, 3.05) is 35.0 Å². The Balaban J connectivity index is 1.37. The van der Waals surface area contributed by atoms with Gasteiger partial charge in [0.25, 0.3) is 0 Å². The standard InChI is InChI=1S/C33H34F3N7O3S/c1-19(2)25-13-10-23(41(5)6)16-28(25)43-29(44)17-47-32(43)39-31(45)38-27-14-7-21(15-26(27)20(3)4)30-37-18-42(40-30)22-8-11-24(12-9-22)46-33(34,35)36/h7-16,18-20H,17H2,1-6H3,(H,38,45)/b39-32-. The second-order valence-corrected chi connectivity index (χ2v) is 12.6. The molecule has 47 heavy (non-hydrogen) atoms. The average molecular weight is 666 g/mol. The number of aromatic nitrogens is 3. The van der Waals surface area contributed by atoms with Crippen molar-refractivity contribution < 1.29 is 27.5 Å². The van der Waals surface area contributed by atoms with Crippen LogP contribution in [0.2, 0.25) is 0 Å². The summed E-state index contributed by atoms with van der Waals surface area (Å²) < 4.78 is 42.9. The van der Waals surface area contributed by atoms with E-state index in [0.29, 0.717) is 33.6 Å². The Morgan fingerprint density at radius 2 is 1.70 bits per heavy atom. The van der Waals surface area contributed by atoms with Crippen LogP contribution in [0.25, 0.3) is 17.1 Å². The smallest absolute Gasteiger partial charge is 0.406 e. The fourth-order valence-electron chi connectivity index (χ4n) is 5.02. The Morgan fingerprint density at radius 3 is 2.34 bits per heavy atom. The molecule has 0 atom stereocenters. The van der Waals surface area contributed by atoms with E-state index in [1.807, 2.05) is 57.1 Å². The van der Waals surface area contributed by atoms with Crippen molar-refractivity contribution in [2.24, 2.45) is 4.99 Å². The highest BCUT2D eigenvalue weighted by Crippen LogP contribution is 2.36. The third kappa shape index (κ3) is 7.76. The maximum atomic E-state index is 13.3. The lowest BCUT2D eigenvalue weighted by Gasteiger charge is -2.24. The van der Waals surface area contributed by atoms with Gasteiger partial charge in [-0.2, -0.15) is 4.99 Å². The van der Waals surface area contributed by atoms with Gasteiger partial charge in [0.2, 0.25) is 5.91 Å². The van der Waals surface area contributed by atoms with E-state index < -0.39 is 12.4 Å². The van der Waals surface area contributed by atoms with Crippen molar-refractivity contribution in [3.63, 3.8) is 0 Å². The Hall–Kier alpha value is -4.85. The number of benzene rings is 3. The Kier molecular flexibility index (Phi) is 9.61. The van der Waals surface area contributed by atoms with Crippen molar-refractivity contribution in [3.8, 4) is 22.8 Å². The van der Waals surface area contributed by atoms with E-state index in [0.717, 1.165) is 16.8 Å². The first-order chi connectivity index (χ1) is 22.2. The lowest BCUT2D eigenvalue weighted by atomic mass is 9.98. The number of carbonyl (C=O) groups excluding carboxylic acids is 2. The van der Waals surface area contributed by atoms with Gasteiger partial charge in [-0.3, -0.25) is 9.69 Å². The van der Waals surface area contributed by atoms with Crippen LogP contribution < -0.4 is 19.9 Å². The van der Waals surface area contributed by atoms with Gasteiger partial charge in [0.15, 0.2) is 11.0 Å². The predicted octanol–water partition coefficient (Wildman–Crippen LogP) is 7.81. The molecule has 246 valence electrons. The Morgan fingerprint density at radius 1 is 1.00 bits per heavy atom. The number of nitrogens with zero attached hydrogens (tertiary/aromatic N) is 6. The van der Waals surface area contributed by atoms with Crippen LogP contribution in [0.1, 0.15) is 50.7 Å². The SMILES string of the molecule is CC(C)c1cc(-c2ncn(-c3ccc(OC(F)(F)F)cc3)n2)ccc1NC(=O)/N=C1\SCC(=O)N1c1cc(N(C)C)ccc1C(C)C. The summed E-state index contributed by atoms with van der Waals surface area (Å²) in [5, 5.41) is 7.67. The minimum Gasteiger partial charge on any atom is -0.406 e. The van der Waals surface area contributed by atoms with E-state index in [9.17, 15) is 22.8 Å². The number of amidine groups is 1. The molecule has 0 bridgehead atoms. The molecule has 10 nitrogen and oxygen atoms in total. The summed E-state index contributed by atoms with van der Waals surface area (Å²) >= 11 is 1.22. The van der Waals surface area contributed by atoms with Crippen molar-refractivity contribution in [3.05, 3.63) is 78.1 Å². The zero-order valence-corrected chi connectivity index (χ0v) is 27.5. The highest BCUT2D eigenvalue weighted by molar-refractivity contribution is 8.15. The van der Waals surface area contributed by atoms with Crippen molar-refractivity contribution in [2.45, 2.75) is 45.9 Å². The summed E-state index contributed by atoms with van der Waals surface area (Å²) in [6, 6.07) is 16.0. The number of anilines is 3. The number of rotatable bonds is 8. The molecule has 2 heterocycles. The monoisotopic (exact) mass is 665 g/mol. The molecule has 5 rings (SSSR count). The molecule has 0 spiro atoms. The second-order valence-electron chi connectivity index (χ2n) is 11.6. The van der Waals surface area contributed by atoms with E-state index in [2.05, 4.69) is 39.0 Å². The summed E-state index contributed by atoms with van der Waals surface area (Å²) in [5.41, 5.74) is 5.14. The number of nitrogens with one attached hydrogen (secondary N) is 1. The lowest BCUT2D eigenvalue weighted by Crippen LogP contribution is -2.31. The summed E-state index contributed by atoms with van der Waals surface area (Å²) in [7, 11) is 3.85. The van der Waals surface area contributed by atoms with Gasteiger partial charge in [-0.25, -0.2) is 14.5 Å². The topological polar surface area (TPSA) is 105 Å². The third-order valence-electron chi connectivity index (χ3n) is 7.36. The normalized spacial score (nSPS) is 14.4. The number of halogens is 3. The lowest BCUT2D eigenvalue weighted by molar-refractivity contribution is -0.274. The van der Waals surface area contributed by atoms with Crippen LogP contribution in [0, 0.1) is 0 Å². The molecule has 0 saturated carbocycles. The number of urea groups is 1. The molecule has 14 heteroatoms. The van der Waals surface area contributed by atoms with Gasteiger partial charge in [-0.05, 0) is 77.6 Å². The number of alkyl halides is 3. The van der Waals surface area contributed by atoms with Crippen LogP contribution in [0.15, 0.2) is 72.0 Å². The molecule has 1 N–H and O–H groups in total. The van der Waals surface area contributed by atoms with E-state index in [1.165, 1.54) is 51.9 Å². The highest BCUT2D eigenvalue weighted by atomic mass is 32.2. The van der Waals surface area contributed by atoms with Gasteiger partial charge in [0.05, 0.1) is 17.1 Å². The van der Waals surface area contributed by atoms with Crippen LogP contribution in [-0.2, 0) is 4.79 Å². The predicted molar refractivity (Wildman–Crippen MR) is 179 cm³/mol. The fourth-order valence-corrected chi connectivity index (χ4v) is 5.88. The molecule has 1 saturated heterocycles. The molecule has 0 radical (unpaired) electrons. The number of ether oxygens (including phenoxy) is 1. The van der Waals surface area contributed by atoms with Crippen molar-refractivity contribution in [1.82, 2.24) is 14.8 Å². The van der Waals surface area contributed by atoms with Gasteiger partial charge in [0, 0.05) is 31.0 Å². The Bertz CT molecular complexity index is 1820. The molecule has 0 aliphatic carbocycles. The number of carbonyl (C=O) groups is 2. The van der Waals surface area contributed by atoms with Crippen LogP contribution in [0.3, 0.4) is 0 Å². The number of aliphatic imine (C=N–C) groups is 1. The van der Waals surface area contributed by atoms with Gasteiger partial charge in [0.1, 0.15) is 12.1 Å². The molecular weight excluding hydrogens is 631 g/mol. The second kappa shape index (κ2) is 13.5. The minimum absolute atomic E-state index is 0.00229. The van der Waals surface area contributed by atoms with Crippen LogP contribution in [0.5, 0.6) is 5.75 Å². The zero-order valence-electron chi connectivity index (χ0n) is 26.7. The molecule has 4 aromatic rings. The summed E-state index contributed by atoms with van der Waals surface area (Å²) in [6.45, 7) is 8.07. The first-order valence-electron chi connectivity index (χ1n) is 14.8. The van der Waals surface area contributed by atoms with E-state index in [-0.39, 0.29) is 29.2 Å². The quantitative estimate of drug-likeness (QED) is 0.205. The molecule has 0 unspecified atom stereocenters. The van der Waals surface area contributed by atoms with Crippen LogP contribution in [-0.4, -0.2) is 58.1 Å². The van der Waals surface area contributed by atoms with E-state index in [4.69, 9.17) is 0 Å². The maximum absolute atomic E-state index is 13.3. The van der Waals surface area contributed by atoms with Crippen LogP contribution >= 0.6 is 11.8 Å². The van der Waals surface area contributed by atoms with Crippen LogP contribution in [0.4, 0.5) is 35.0 Å². The van der Waals surface area contributed by atoms with Gasteiger partial charge in [-0.1, -0.05) is 45.5 Å². The summed E-state index contributed by atoms with van der Waals surface area (Å²) in [6.07, 6.45) is -3.32. The molecule has 3 amide bonds. The van der Waals surface area contributed by atoms with E-state index in [1.54, 1.807) is 12.1 Å². The first kappa shape index (κ1) is 33.5. The average Bonchev–Trinajstić information content (AvgIpc) is 3.63. The van der Waals surface area contributed by atoms with Gasteiger partial charge in [-0.15, -0.1) is 18.3 Å². The molecule has 1 fully saturated rings. The number of amides is 3. The number of hydrogen-bond acceptors (Lipinski definition) is 7. The number of hydrogen-bond donors (Lipinski definition) is 1. The van der Waals surface area contributed by atoms with E-state index >= 15 is 0 Å². The van der Waals surface area contributed by atoms with Crippen molar-refractivity contribution in [1.29, 1.82) is 0 Å². The third-order valence-corrected chi connectivity index (χ3v) is 8.28. The molecule has 1 aromatic heterocycles. The first-order valence-corrected chi connectivity index (χ1v) is 15.8. The maximum Gasteiger partial charge on any atom is 0.573 e. The molecule has 3 aromatic carbocycles. The largest absolute Gasteiger partial charge is 0.573 e. The molecule has 1 aliphatic heterocycles. The summed E-state index contributed by atoms with van der Waals surface area (Å²) in [5.74, 6) is 0.216. The highest BCUT2D eigenvalue weighted by Gasteiger charge is 2.33. The minimum atomic E-state index is -4.78.